The number of carbonyl (C=O) groups is 2. The first-order chi connectivity index (χ1) is 11.9. The lowest BCUT2D eigenvalue weighted by molar-refractivity contribution is -0.125. The highest BCUT2D eigenvalue weighted by molar-refractivity contribution is 5.94. The van der Waals surface area contributed by atoms with E-state index in [-0.39, 0.29) is 30.5 Å². The number of rotatable bonds is 6. The van der Waals surface area contributed by atoms with Crippen molar-refractivity contribution in [3.8, 4) is 0 Å². The van der Waals surface area contributed by atoms with Gasteiger partial charge in [0.25, 0.3) is 5.91 Å². The summed E-state index contributed by atoms with van der Waals surface area (Å²) in [7, 11) is 0. The number of aliphatic hydroxyl groups is 2. The molecule has 1 aromatic carbocycles. The van der Waals surface area contributed by atoms with Crippen LogP contribution in [0.4, 0.5) is 4.39 Å². The predicted molar refractivity (Wildman–Crippen MR) is 85.2 cm³/mol. The van der Waals surface area contributed by atoms with Gasteiger partial charge >= 0.3 is 0 Å². The van der Waals surface area contributed by atoms with Crippen LogP contribution in [0.15, 0.2) is 24.3 Å². The Balaban J connectivity index is 1.50. The number of nitrogens with one attached hydrogen (secondary N) is 2. The summed E-state index contributed by atoms with van der Waals surface area (Å²) in [6.45, 7) is -0.0612. The first kappa shape index (κ1) is 17.8. The maximum Gasteiger partial charge on any atom is 0.251 e. The van der Waals surface area contributed by atoms with E-state index in [0.717, 1.165) is 18.9 Å². The average Bonchev–Trinajstić information content (AvgIpc) is 3.35. The molecule has 1 heterocycles. The number of amides is 2. The minimum Gasteiger partial charge on any atom is -0.388 e. The molecule has 1 aliphatic heterocycles. The van der Waals surface area contributed by atoms with E-state index in [4.69, 9.17) is 4.74 Å². The second-order valence-corrected chi connectivity index (χ2v) is 6.46. The number of carbonyl (C=O) groups excluding carboxylic acids is 2. The molecule has 0 aromatic heterocycles. The Morgan fingerprint density at radius 3 is 2.60 bits per heavy atom. The van der Waals surface area contributed by atoms with Crippen LogP contribution < -0.4 is 10.6 Å². The molecule has 0 radical (unpaired) electrons. The van der Waals surface area contributed by atoms with Crippen molar-refractivity contribution in [1.29, 1.82) is 0 Å². The summed E-state index contributed by atoms with van der Waals surface area (Å²) in [6, 6.07) is 5.42. The van der Waals surface area contributed by atoms with Gasteiger partial charge in [0.1, 0.15) is 24.1 Å². The molecule has 2 amide bonds. The van der Waals surface area contributed by atoms with Gasteiger partial charge in [-0.1, -0.05) is 6.07 Å². The van der Waals surface area contributed by atoms with E-state index in [1.54, 1.807) is 0 Å². The molecule has 4 N–H and O–H groups in total. The molecular formula is C17H21FN2O5. The van der Waals surface area contributed by atoms with Crippen LogP contribution in [-0.4, -0.2) is 59.0 Å². The van der Waals surface area contributed by atoms with Gasteiger partial charge in [0.05, 0.1) is 12.5 Å². The zero-order valence-electron chi connectivity index (χ0n) is 13.5. The minimum atomic E-state index is -1.22. The van der Waals surface area contributed by atoms with E-state index in [0.29, 0.717) is 0 Å². The second kappa shape index (κ2) is 7.47. The van der Waals surface area contributed by atoms with Gasteiger partial charge in [-0.15, -0.1) is 0 Å². The van der Waals surface area contributed by atoms with Gasteiger partial charge in [-0.05, 0) is 31.0 Å². The van der Waals surface area contributed by atoms with E-state index in [1.165, 1.54) is 18.2 Å². The van der Waals surface area contributed by atoms with Gasteiger partial charge in [-0.25, -0.2) is 4.39 Å². The lowest BCUT2D eigenvalue weighted by Crippen LogP contribution is -2.40. The third-order valence-electron chi connectivity index (χ3n) is 4.34. The number of hydrogen-bond acceptors (Lipinski definition) is 5. The average molecular weight is 352 g/mol. The Labute approximate surface area is 144 Å². The fourth-order valence-electron chi connectivity index (χ4n) is 2.79. The number of halogens is 1. The maximum atomic E-state index is 13.1. The van der Waals surface area contributed by atoms with E-state index in [1.807, 2.05) is 0 Å². The summed E-state index contributed by atoms with van der Waals surface area (Å²) in [5, 5.41) is 25.4. The largest absolute Gasteiger partial charge is 0.388 e. The normalized spacial score (nSPS) is 28.6. The van der Waals surface area contributed by atoms with Gasteiger partial charge in [0, 0.05) is 18.2 Å². The summed E-state index contributed by atoms with van der Waals surface area (Å²) >= 11 is 0. The monoisotopic (exact) mass is 352 g/mol. The summed E-state index contributed by atoms with van der Waals surface area (Å²) in [5.74, 6) is -1.27. The van der Waals surface area contributed by atoms with Gasteiger partial charge in [0.2, 0.25) is 5.91 Å². The highest BCUT2D eigenvalue weighted by Crippen LogP contribution is 2.24. The predicted octanol–water partition coefficient (Wildman–Crippen LogP) is -0.287. The Morgan fingerprint density at radius 1 is 1.20 bits per heavy atom. The van der Waals surface area contributed by atoms with Crippen molar-refractivity contribution in [1.82, 2.24) is 10.6 Å². The van der Waals surface area contributed by atoms with Crippen molar-refractivity contribution in [3.63, 3.8) is 0 Å². The summed E-state index contributed by atoms with van der Waals surface area (Å²) in [5.41, 5.74) is 0.147. The zero-order valence-corrected chi connectivity index (χ0v) is 13.5. The molecule has 7 nitrogen and oxygen atoms in total. The first-order valence-corrected chi connectivity index (χ1v) is 8.29. The van der Waals surface area contributed by atoms with Crippen LogP contribution in [-0.2, 0) is 9.53 Å². The molecule has 1 saturated carbocycles. The van der Waals surface area contributed by atoms with E-state index >= 15 is 0 Å². The topological polar surface area (TPSA) is 108 Å². The van der Waals surface area contributed by atoms with Crippen molar-refractivity contribution in [3.05, 3.63) is 35.6 Å². The zero-order chi connectivity index (χ0) is 18.0. The van der Waals surface area contributed by atoms with Crippen LogP contribution in [0.2, 0.25) is 0 Å². The second-order valence-electron chi connectivity index (χ2n) is 6.46. The molecule has 0 spiro atoms. The highest BCUT2D eigenvalue weighted by atomic mass is 19.1. The molecule has 4 unspecified atom stereocenters. The SMILES string of the molecule is O=C(CC1OC(CNC(=O)c2cccc(F)c2)C(O)C1O)NC1CC1. The molecule has 25 heavy (non-hydrogen) atoms. The molecule has 1 aliphatic carbocycles. The minimum absolute atomic E-state index is 0.0525. The number of aliphatic hydroxyl groups excluding tert-OH is 2. The van der Waals surface area contributed by atoms with Crippen LogP contribution in [0, 0.1) is 5.82 Å². The molecule has 8 heteroatoms. The standard InChI is InChI=1S/C17H21FN2O5/c18-10-3-1-2-9(6-10)17(24)19-8-13-16(23)15(22)12(25-13)7-14(21)20-11-4-5-11/h1-3,6,11-13,15-16,22-23H,4-5,7-8H2,(H,19,24)(H,20,21). The molecule has 1 saturated heterocycles. The maximum absolute atomic E-state index is 13.1. The molecule has 2 aliphatic rings. The van der Waals surface area contributed by atoms with Crippen molar-refractivity contribution >= 4 is 11.8 Å². The molecule has 4 atom stereocenters. The molecule has 0 bridgehead atoms. The Kier molecular flexibility index (Phi) is 5.31. The molecule has 3 rings (SSSR count). The van der Waals surface area contributed by atoms with Crippen molar-refractivity contribution in [2.75, 3.05) is 6.54 Å². The summed E-state index contributed by atoms with van der Waals surface area (Å²) < 4.78 is 18.7. The highest BCUT2D eigenvalue weighted by Gasteiger charge is 2.43. The molecular weight excluding hydrogens is 331 g/mol. The van der Waals surface area contributed by atoms with Gasteiger partial charge in [-0.2, -0.15) is 0 Å². The van der Waals surface area contributed by atoms with E-state index < -0.39 is 36.1 Å². The fraction of sp³-hybridized carbons (Fsp3) is 0.529. The van der Waals surface area contributed by atoms with Crippen molar-refractivity contribution < 1.29 is 28.9 Å². The van der Waals surface area contributed by atoms with Crippen LogP contribution in [0.5, 0.6) is 0 Å². The first-order valence-electron chi connectivity index (χ1n) is 8.29. The van der Waals surface area contributed by atoms with Crippen LogP contribution in [0.1, 0.15) is 29.6 Å². The third-order valence-corrected chi connectivity index (χ3v) is 4.34. The Hall–Kier alpha value is -2.03. The van der Waals surface area contributed by atoms with E-state index in [9.17, 15) is 24.2 Å². The molecule has 1 aromatic rings. The van der Waals surface area contributed by atoms with Crippen LogP contribution in [0.25, 0.3) is 0 Å². The molecule has 136 valence electrons. The number of benzene rings is 1. The van der Waals surface area contributed by atoms with Crippen LogP contribution >= 0.6 is 0 Å². The fourth-order valence-corrected chi connectivity index (χ4v) is 2.79. The Morgan fingerprint density at radius 2 is 1.92 bits per heavy atom. The Bertz CT molecular complexity index is 652. The molecule has 2 fully saturated rings. The quantitative estimate of drug-likeness (QED) is 0.563. The number of ether oxygens (including phenoxy) is 1. The van der Waals surface area contributed by atoms with Gasteiger partial charge < -0.3 is 25.6 Å². The van der Waals surface area contributed by atoms with Crippen molar-refractivity contribution in [2.24, 2.45) is 0 Å². The van der Waals surface area contributed by atoms with Crippen molar-refractivity contribution in [2.45, 2.75) is 49.7 Å². The summed E-state index contributed by atoms with van der Waals surface area (Å²) in [4.78, 5) is 23.8. The lowest BCUT2D eigenvalue weighted by Gasteiger charge is -2.15. The van der Waals surface area contributed by atoms with Crippen LogP contribution in [0.3, 0.4) is 0 Å². The third kappa shape index (κ3) is 4.53. The van der Waals surface area contributed by atoms with Gasteiger partial charge in [0.15, 0.2) is 0 Å². The lowest BCUT2D eigenvalue weighted by atomic mass is 10.1. The van der Waals surface area contributed by atoms with E-state index in [2.05, 4.69) is 10.6 Å². The smallest absolute Gasteiger partial charge is 0.251 e. The number of hydrogen-bond donors (Lipinski definition) is 4. The summed E-state index contributed by atoms with van der Waals surface area (Å²) in [6.07, 6.45) is -2.24. The van der Waals surface area contributed by atoms with Gasteiger partial charge in [-0.3, -0.25) is 9.59 Å².